The molecule has 3 rings (SSSR count). The molecule has 0 aliphatic carbocycles. The first-order valence-electron chi connectivity index (χ1n) is 8.42. The summed E-state index contributed by atoms with van der Waals surface area (Å²) in [5.74, 6) is 0.727. The Bertz CT molecular complexity index is 527. The molecule has 0 aromatic carbocycles. The first kappa shape index (κ1) is 16.4. The molecule has 7 nitrogen and oxygen atoms in total. The minimum atomic E-state index is -0.0199. The SMILES string of the molecule is CC[C@@H]1CN(C(=O)c2cc(CN3CCOCC3)on2)CCN1C. The second-order valence-corrected chi connectivity index (χ2v) is 6.36. The number of nitrogens with zero attached hydrogens (tertiary/aromatic N) is 4. The zero-order valence-electron chi connectivity index (χ0n) is 14.0. The Morgan fingerprint density at radius 1 is 1.30 bits per heavy atom. The van der Waals surface area contributed by atoms with Gasteiger partial charge in [-0.1, -0.05) is 12.1 Å². The lowest BCUT2D eigenvalue weighted by atomic mass is 10.1. The zero-order valence-corrected chi connectivity index (χ0v) is 14.0. The Morgan fingerprint density at radius 2 is 2.09 bits per heavy atom. The fraction of sp³-hybridized carbons (Fsp3) is 0.750. The predicted octanol–water partition coefficient (Wildman–Crippen LogP) is 0.673. The van der Waals surface area contributed by atoms with E-state index in [1.165, 1.54) is 0 Å². The second-order valence-electron chi connectivity index (χ2n) is 6.36. The summed E-state index contributed by atoms with van der Waals surface area (Å²) in [6.07, 6.45) is 1.04. The number of amides is 1. The highest BCUT2D eigenvalue weighted by Gasteiger charge is 2.28. The summed E-state index contributed by atoms with van der Waals surface area (Å²) in [6.45, 7) is 8.54. The topological polar surface area (TPSA) is 62.1 Å². The monoisotopic (exact) mass is 322 g/mol. The molecule has 0 saturated carbocycles. The van der Waals surface area contributed by atoms with Crippen LogP contribution in [0.5, 0.6) is 0 Å². The van der Waals surface area contributed by atoms with E-state index < -0.39 is 0 Å². The maximum absolute atomic E-state index is 12.6. The Hall–Kier alpha value is -1.44. The standard InChI is InChI=1S/C16H26N4O3/c1-3-13-11-20(5-4-18(13)2)16(21)15-10-14(23-17-15)12-19-6-8-22-9-7-19/h10,13H,3-9,11-12H2,1-2H3/t13-/m1/s1. The molecule has 2 aliphatic rings. The van der Waals surface area contributed by atoms with Crippen molar-refractivity contribution in [2.75, 3.05) is 53.0 Å². The van der Waals surface area contributed by atoms with Crippen molar-refractivity contribution in [3.63, 3.8) is 0 Å². The molecule has 3 heterocycles. The number of likely N-dealkylation sites (N-methyl/N-ethyl adjacent to an activating group) is 1. The van der Waals surface area contributed by atoms with Crippen LogP contribution in [0.4, 0.5) is 0 Å². The first-order valence-corrected chi connectivity index (χ1v) is 8.42. The van der Waals surface area contributed by atoms with Gasteiger partial charge >= 0.3 is 0 Å². The van der Waals surface area contributed by atoms with Crippen molar-refractivity contribution in [3.8, 4) is 0 Å². The van der Waals surface area contributed by atoms with E-state index in [-0.39, 0.29) is 5.91 Å². The molecule has 2 aliphatic heterocycles. The van der Waals surface area contributed by atoms with E-state index in [1.807, 2.05) is 4.90 Å². The maximum Gasteiger partial charge on any atom is 0.276 e. The molecule has 2 saturated heterocycles. The third kappa shape index (κ3) is 3.91. The Balaban J connectivity index is 1.59. The van der Waals surface area contributed by atoms with Crippen LogP contribution in [0, 0.1) is 0 Å². The Kier molecular flexibility index (Phi) is 5.30. The molecule has 128 valence electrons. The quantitative estimate of drug-likeness (QED) is 0.812. The van der Waals surface area contributed by atoms with Crippen molar-refractivity contribution in [3.05, 3.63) is 17.5 Å². The van der Waals surface area contributed by atoms with E-state index in [2.05, 4.69) is 28.9 Å². The van der Waals surface area contributed by atoms with Crippen molar-refractivity contribution in [2.45, 2.75) is 25.9 Å². The third-order valence-corrected chi connectivity index (χ3v) is 4.80. The number of hydrogen-bond acceptors (Lipinski definition) is 6. The molecule has 2 fully saturated rings. The molecular formula is C16H26N4O3. The smallest absolute Gasteiger partial charge is 0.276 e. The average molecular weight is 322 g/mol. The normalized spacial score (nSPS) is 24.1. The highest BCUT2D eigenvalue weighted by molar-refractivity contribution is 5.92. The summed E-state index contributed by atoms with van der Waals surface area (Å²) in [7, 11) is 2.12. The van der Waals surface area contributed by atoms with Crippen LogP contribution in [-0.2, 0) is 11.3 Å². The molecule has 0 radical (unpaired) electrons. The molecule has 1 aromatic rings. The van der Waals surface area contributed by atoms with Crippen molar-refractivity contribution < 1.29 is 14.1 Å². The van der Waals surface area contributed by atoms with Gasteiger partial charge in [-0.05, 0) is 13.5 Å². The molecule has 0 bridgehead atoms. The summed E-state index contributed by atoms with van der Waals surface area (Å²) in [5.41, 5.74) is 0.424. The largest absolute Gasteiger partial charge is 0.379 e. The van der Waals surface area contributed by atoms with Gasteiger partial charge in [0.05, 0.1) is 19.8 Å². The number of piperazine rings is 1. The fourth-order valence-corrected chi connectivity index (χ4v) is 3.20. The van der Waals surface area contributed by atoms with E-state index in [0.29, 0.717) is 18.3 Å². The van der Waals surface area contributed by atoms with Gasteiger partial charge in [-0.15, -0.1) is 0 Å². The van der Waals surface area contributed by atoms with Crippen LogP contribution in [-0.4, -0.2) is 84.8 Å². The van der Waals surface area contributed by atoms with Crippen LogP contribution >= 0.6 is 0 Å². The van der Waals surface area contributed by atoms with Gasteiger partial charge in [0.2, 0.25) is 0 Å². The predicted molar refractivity (Wildman–Crippen MR) is 85.2 cm³/mol. The molecule has 1 atom stereocenters. The number of hydrogen-bond donors (Lipinski definition) is 0. The van der Waals surface area contributed by atoms with Crippen molar-refractivity contribution >= 4 is 5.91 Å². The Morgan fingerprint density at radius 3 is 2.83 bits per heavy atom. The average Bonchev–Trinajstić information content (AvgIpc) is 3.04. The highest BCUT2D eigenvalue weighted by atomic mass is 16.5. The van der Waals surface area contributed by atoms with Gasteiger partial charge < -0.3 is 14.2 Å². The van der Waals surface area contributed by atoms with Crippen LogP contribution in [0.3, 0.4) is 0 Å². The van der Waals surface area contributed by atoms with Gasteiger partial charge in [-0.2, -0.15) is 0 Å². The lowest BCUT2D eigenvalue weighted by molar-refractivity contribution is 0.0305. The van der Waals surface area contributed by atoms with Crippen molar-refractivity contribution in [1.29, 1.82) is 0 Å². The highest BCUT2D eigenvalue weighted by Crippen LogP contribution is 2.15. The van der Waals surface area contributed by atoms with E-state index in [0.717, 1.165) is 58.1 Å². The van der Waals surface area contributed by atoms with E-state index in [1.54, 1.807) is 6.07 Å². The molecule has 7 heteroatoms. The minimum absolute atomic E-state index is 0.0199. The number of carbonyl (C=O) groups is 1. The lowest BCUT2D eigenvalue weighted by Gasteiger charge is -2.38. The fourth-order valence-electron chi connectivity index (χ4n) is 3.20. The number of rotatable bonds is 4. The molecular weight excluding hydrogens is 296 g/mol. The van der Waals surface area contributed by atoms with Crippen molar-refractivity contribution in [2.24, 2.45) is 0 Å². The summed E-state index contributed by atoms with van der Waals surface area (Å²) in [5, 5.41) is 3.99. The van der Waals surface area contributed by atoms with Crippen LogP contribution in [0.1, 0.15) is 29.6 Å². The summed E-state index contributed by atoms with van der Waals surface area (Å²) >= 11 is 0. The number of ether oxygens (including phenoxy) is 1. The summed E-state index contributed by atoms with van der Waals surface area (Å²) in [4.78, 5) is 19.1. The summed E-state index contributed by atoms with van der Waals surface area (Å²) in [6, 6.07) is 2.21. The number of morpholine rings is 1. The molecule has 0 unspecified atom stereocenters. The van der Waals surface area contributed by atoms with Crippen LogP contribution in [0.2, 0.25) is 0 Å². The van der Waals surface area contributed by atoms with E-state index in [9.17, 15) is 4.79 Å². The minimum Gasteiger partial charge on any atom is -0.379 e. The number of carbonyl (C=O) groups excluding carboxylic acids is 1. The van der Waals surface area contributed by atoms with Gasteiger partial charge in [0, 0.05) is 44.8 Å². The van der Waals surface area contributed by atoms with Crippen LogP contribution in [0.25, 0.3) is 0 Å². The van der Waals surface area contributed by atoms with E-state index >= 15 is 0 Å². The van der Waals surface area contributed by atoms with Gasteiger partial charge in [-0.25, -0.2) is 0 Å². The molecule has 1 aromatic heterocycles. The summed E-state index contributed by atoms with van der Waals surface area (Å²) < 4.78 is 10.7. The van der Waals surface area contributed by atoms with Crippen molar-refractivity contribution in [1.82, 2.24) is 19.9 Å². The van der Waals surface area contributed by atoms with Gasteiger partial charge in [-0.3, -0.25) is 14.6 Å². The van der Waals surface area contributed by atoms with Crippen LogP contribution in [0.15, 0.2) is 10.6 Å². The zero-order chi connectivity index (χ0) is 16.2. The molecule has 0 spiro atoms. The van der Waals surface area contributed by atoms with E-state index in [4.69, 9.17) is 9.26 Å². The Labute approximate surface area is 137 Å². The van der Waals surface area contributed by atoms with Gasteiger partial charge in [0.15, 0.2) is 11.5 Å². The second kappa shape index (κ2) is 7.42. The lowest BCUT2D eigenvalue weighted by Crippen LogP contribution is -2.53. The van der Waals surface area contributed by atoms with Crippen LogP contribution < -0.4 is 0 Å². The maximum atomic E-state index is 12.6. The molecule has 1 amide bonds. The van der Waals surface area contributed by atoms with Gasteiger partial charge in [0.25, 0.3) is 5.91 Å². The first-order chi connectivity index (χ1) is 11.2. The molecule has 23 heavy (non-hydrogen) atoms. The molecule has 0 N–H and O–H groups in total. The number of aromatic nitrogens is 1. The third-order valence-electron chi connectivity index (χ3n) is 4.80. The van der Waals surface area contributed by atoms with Gasteiger partial charge in [0.1, 0.15) is 0 Å².